The molecule has 0 atom stereocenters. The molecule has 4 rings (SSSR count). The van der Waals surface area contributed by atoms with Gasteiger partial charge in [-0.2, -0.15) is 9.97 Å². The summed E-state index contributed by atoms with van der Waals surface area (Å²) in [5.41, 5.74) is 8.87. The van der Waals surface area contributed by atoms with E-state index in [1.165, 1.54) is 18.4 Å². The van der Waals surface area contributed by atoms with Crippen molar-refractivity contribution in [3.8, 4) is 0 Å². The summed E-state index contributed by atoms with van der Waals surface area (Å²) in [5, 5.41) is 6.60. The summed E-state index contributed by atoms with van der Waals surface area (Å²) >= 11 is 0. The first-order chi connectivity index (χ1) is 11.2. The second-order valence-corrected chi connectivity index (χ2v) is 5.97. The minimum absolute atomic E-state index is 0.267. The van der Waals surface area contributed by atoms with Crippen molar-refractivity contribution in [1.29, 1.82) is 0 Å². The second-order valence-electron chi connectivity index (χ2n) is 5.97. The van der Waals surface area contributed by atoms with Crippen LogP contribution < -0.4 is 16.4 Å². The van der Waals surface area contributed by atoms with Gasteiger partial charge < -0.3 is 20.8 Å². The number of rotatable bonds is 5. The van der Waals surface area contributed by atoms with Gasteiger partial charge in [0.05, 0.1) is 12.2 Å². The van der Waals surface area contributed by atoms with Crippen LogP contribution in [0.4, 0.5) is 17.6 Å². The third-order valence-electron chi connectivity index (χ3n) is 3.79. The van der Waals surface area contributed by atoms with E-state index in [1.54, 1.807) is 0 Å². The van der Waals surface area contributed by atoms with E-state index in [1.807, 2.05) is 22.9 Å². The Labute approximate surface area is 134 Å². The minimum atomic E-state index is 0.267. The van der Waals surface area contributed by atoms with Crippen LogP contribution in [0.3, 0.4) is 0 Å². The van der Waals surface area contributed by atoms with Crippen LogP contribution in [0.2, 0.25) is 0 Å². The molecule has 3 heterocycles. The van der Waals surface area contributed by atoms with Crippen molar-refractivity contribution in [1.82, 2.24) is 19.4 Å². The zero-order valence-electron chi connectivity index (χ0n) is 13.0. The molecule has 0 radical (unpaired) electrons. The topological polar surface area (TPSA) is 93.2 Å². The van der Waals surface area contributed by atoms with Crippen LogP contribution in [0.15, 0.2) is 30.6 Å². The Bertz CT molecular complexity index is 851. The van der Waals surface area contributed by atoms with E-state index < -0.39 is 0 Å². The number of fused-ring (bicyclic) bond motifs is 1. The number of pyridine rings is 1. The van der Waals surface area contributed by atoms with Gasteiger partial charge in [0.15, 0.2) is 0 Å². The predicted octanol–water partition coefficient (Wildman–Crippen LogP) is 2.20. The lowest BCUT2D eigenvalue weighted by molar-refractivity contribution is 1.04. The molecule has 7 heteroatoms. The van der Waals surface area contributed by atoms with Gasteiger partial charge in [0, 0.05) is 24.5 Å². The highest BCUT2D eigenvalue weighted by atomic mass is 15.1. The summed E-state index contributed by atoms with van der Waals surface area (Å²) in [6, 6.07) is 6.53. The number of hydrogen-bond acceptors (Lipinski definition) is 6. The van der Waals surface area contributed by atoms with E-state index in [4.69, 9.17) is 5.73 Å². The van der Waals surface area contributed by atoms with Gasteiger partial charge in [0.1, 0.15) is 17.3 Å². The molecule has 1 saturated carbocycles. The number of nitrogens with two attached hydrogens (primary N) is 1. The average Bonchev–Trinajstić information content (AvgIpc) is 3.22. The van der Waals surface area contributed by atoms with Crippen LogP contribution in [-0.2, 0) is 6.54 Å². The van der Waals surface area contributed by atoms with Crippen molar-refractivity contribution in [2.75, 3.05) is 16.4 Å². The van der Waals surface area contributed by atoms with Crippen LogP contribution in [0.1, 0.15) is 24.1 Å². The van der Waals surface area contributed by atoms with Crippen molar-refractivity contribution in [2.24, 2.45) is 0 Å². The summed E-state index contributed by atoms with van der Waals surface area (Å²) in [4.78, 5) is 13.0. The standard InChI is InChI=1S/C16H19N7/c1-10-4-5-23-9-12(20-15(23)6-10)8-18-13-7-14(19-11-2-3-11)22-16(17)21-13/h4-7,9,11H,2-3,8H2,1H3,(H4,17,18,19,21,22). The fourth-order valence-electron chi connectivity index (χ4n) is 2.47. The van der Waals surface area contributed by atoms with Gasteiger partial charge in [-0.05, 0) is 37.5 Å². The summed E-state index contributed by atoms with van der Waals surface area (Å²) in [6.07, 6.45) is 6.40. The van der Waals surface area contributed by atoms with E-state index in [9.17, 15) is 0 Å². The molecule has 0 aromatic carbocycles. The first-order valence-electron chi connectivity index (χ1n) is 7.75. The number of aromatic nitrogens is 4. The molecule has 7 nitrogen and oxygen atoms in total. The Kier molecular flexibility index (Phi) is 3.25. The number of imidazole rings is 1. The Morgan fingerprint density at radius 2 is 2.04 bits per heavy atom. The van der Waals surface area contributed by atoms with Crippen molar-refractivity contribution >= 4 is 23.2 Å². The Balaban J connectivity index is 1.49. The van der Waals surface area contributed by atoms with E-state index in [-0.39, 0.29) is 5.95 Å². The molecule has 4 N–H and O–H groups in total. The van der Waals surface area contributed by atoms with Gasteiger partial charge in [-0.15, -0.1) is 0 Å². The molecule has 0 unspecified atom stereocenters. The van der Waals surface area contributed by atoms with Crippen molar-refractivity contribution in [2.45, 2.75) is 32.4 Å². The van der Waals surface area contributed by atoms with Crippen molar-refractivity contribution in [3.05, 3.63) is 41.9 Å². The maximum Gasteiger partial charge on any atom is 0.223 e. The lowest BCUT2D eigenvalue weighted by Gasteiger charge is -2.08. The number of nitrogen functional groups attached to an aromatic ring is 1. The molecule has 0 amide bonds. The number of anilines is 3. The van der Waals surface area contributed by atoms with Crippen LogP contribution in [0, 0.1) is 6.92 Å². The molecule has 0 saturated heterocycles. The van der Waals surface area contributed by atoms with Gasteiger partial charge in [0.25, 0.3) is 0 Å². The smallest absolute Gasteiger partial charge is 0.223 e. The number of nitrogens with one attached hydrogen (secondary N) is 2. The summed E-state index contributed by atoms with van der Waals surface area (Å²) in [7, 11) is 0. The Hall–Kier alpha value is -2.83. The highest BCUT2D eigenvalue weighted by Crippen LogP contribution is 2.25. The molecule has 3 aromatic heterocycles. The highest BCUT2D eigenvalue weighted by molar-refractivity contribution is 5.52. The summed E-state index contributed by atoms with van der Waals surface area (Å²) in [6.45, 7) is 2.64. The maximum atomic E-state index is 5.78. The Morgan fingerprint density at radius 3 is 2.87 bits per heavy atom. The second kappa shape index (κ2) is 5.42. The monoisotopic (exact) mass is 309 g/mol. The molecule has 118 valence electrons. The molecule has 0 spiro atoms. The van der Waals surface area contributed by atoms with Crippen LogP contribution in [0.5, 0.6) is 0 Å². The molecular formula is C16H19N7. The van der Waals surface area contributed by atoms with Gasteiger partial charge in [0.2, 0.25) is 5.95 Å². The molecule has 23 heavy (non-hydrogen) atoms. The third kappa shape index (κ3) is 3.18. The van der Waals surface area contributed by atoms with Crippen LogP contribution in [-0.4, -0.2) is 25.4 Å². The Morgan fingerprint density at radius 1 is 1.22 bits per heavy atom. The average molecular weight is 309 g/mol. The molecule has 0 bridgehead atoms. The van der Waals surface area contributed by atoms with Gasteiger partial charge in [-0.3, -0.25) is 0 Å². The van der Waals surface area contributed by atoms with E-state index >= 15 is 0 Å². The maximum absolute atomic E-state index is 5.78. The lowest BCUT2D eigenvalue weighted by Crippen LogP contribution is -2.09. The fourth-order valence-corrected chi connectivity index (χ4v) is 2.47. The number of hydrogen-bond donors (Lipinski definition) is 3. The normalized spacial score (nSPS) is 14.1. The number of nitrogens with zero attached hydrogens (tertiary/aromatic N) is 4. The molecule has 1 fully saturated rings. The first kappa shape index (κ1) is 13.8. The zero-order chi connectivity index (χ0) is 15.8. The van der Waals surface area contributed by atoms with Crippen molar-refractivity contribution in [3.63, 3.8) is 0 Å². The molecular weight excluding hydrogens is 290 g/mol. The molecule has 3 aromatic rings. The van der Waals surface area contributed by atoms with Gasteiger partial charge in [-0.1, -0.05) is 0 Å². The predicted molar refractivity (Wildman–Crippen MR) is 90.3 cm³/mol. The SMILES string of the molecule is Cc1ccn2cc(CNc3cc(NC4CC4)nc(N)n3)nc2c1. The van der Waals surface area contributed by atoms with E-state index in [0.29, 0.717) is 18.4 Å². The van der Waals surface area contributed by atoms with Gasteiger partial charge in [-0.25, -0.2) is 4.98 Å². The highest BCUT2D eigenvalue weighted by Gasteiger charge is 2.21. The summed E-state index contributed by atoms with van der Waals surface area (Å²) in [5.74, 6) is 1.74. The fraction of sp³-hybridized carbons (Fsp3) is 0.312. The largest absolute Gasteiger partial charge is 0.368 e. The molecule has 1 aliphatic rings. The minimum Gasteiger partial charge on any atom is -0.368 e. The van der Waals surface area contributed by atoms with Crippen molar-refractivity contribution < 1.29 is 0 Å². The quantitative estimate of drug-likeness (QED) is 0.669. The van der Waals surface area contributed by atoms with Crippen LogP contribution >= 0.6 is 0 Å². The number of aryl methyl sites for hydroxylation is 1. The first-order valence-corrected chi connectivity index (χ1v) is 7.75. The zero-order valence-corrected chi connectivity index (χ0v) is 13.0. The molecule has 0 aliphatic heterocycles. The van der Waals surface area contributed by atoms with E-state index in [2.05, 4.69) is 44.6 Å². The van der Waals surface area contributed by atoms with Crippen LogP contribution in [0.25, 0.3) is 5.65 Å². The van der Waals surface area contributed by atoms with Gasteiger partial charge >= 0.3 is 0 Å². The van der Waals surface area contributed by atoms with E-state index in [0.717, 1.165) is 17.2 Å². The lowest BCUT2D eigenvalue weighted by atomic mass is 10.3. The third-order valence-corrected chi connectivity index (χ3v) is 3.79. The summed E-state index contributed by atoms with van der Waals surface area (Å²) < 4.78 is 2.01. The molecule has 1 aliphatic carbocycles.